The monoisotopic (exact) mass is 440 g/mol. The van der Waals surface area contributed by atoms with Crippen LogP contribution in [0.25, 0.3) is 0 Å². The minimum absolute atomic E-state index is 0.0178. The first-order valence-electron chi connectivity index (χ1n) is 10.4. The highest BCUT2D eigenvalue weighted by Crippen LogP contribution is 2.22. The molecule has 1 amide bonds. The second-order valence-corrected chi connectivity index (χ2v) is 9.66. The molecule has 0 N–H and O–H groups in total. The van der Waals surface area contributed by atoms with Gasteiger partial charge in [0.2, 0.25) is 15.9 Å². The van der Waals surface area contributed by atoms with Crippen molar-refractivity contribution in [2.75, 3.05) is 44.2 Å². The second-order valence-electron chi connectivity index (χ2n) is 7.75. The molecule has 164 valence electrons. The Labute approximate surface area is 184 Å². The molecule has 2 aromatic carbocycles. The number of carbonyl (C=O) groups is 1. The third kappa shape index (κ3) is 5.06. The third-order valence-electron chi connectivity index (χ3n) is 5.50. The van der Waals surface area contributed by atoms with Crippen molar-refractivity contribution < 1.29 is 13.2 Å². The van der Waals surface area contributed by atoms with Gasteiger partial charge in [0.05, 0.1) is 17.0 Å². The Hall–Kier alpha value is -2.89. The van der Waals surface area contributed by atoms with Crippen LogP contribution in [0.2, 0.25) is 0 Å². The number of carbonyl (C=O) groups excluding carboxylic acids is 1. The molecule has 0 spiro atoms. The summed E-state index contributed by atoms with van der Waals surface area (Å²) in [5.41, 5.74) is 3.45. The van der Waals surface area contributed by atoms with Crippen molar-refractivity contribution in [3.05, 3.63) is 59.2 Å². The van der Waals surface area contributed by atoms with Crippen molar-refractivity contribution >= 4 is 21.6 Å². The number of aryl methyl sites for hydroxylation is 2. The van der Waals surface area contributed by atoms with Gasteiger partial charge in [0.15, 0.2) is 0 Å². The topological polar surface area (TPSA) is 84.7 Å². The Kier molecular flexibility index (Phi) is 6.98. The first-order chi connectivity index (χ1) is 14.8. The number of rotatable bonds is 6. The first-order valence-corrected chi connectivity index (χ1v) is 11.8. The summed E-state index contributed by atoms with van der Waals surface area (Å²) in [7, 11) is -3.77. The van der Waals surface area contributed by atoms with E-state index in [1.165, 1.54) is 16.4 Å². The Morgan fingerprint density at radius 1 is 1.06 bits per heavy atom. The molecule has 8 heteroatoms. The number of benzene rings is 2. The number of sulfonamides is 1. The van der Waals surface area contributed by atoms with Crippen molar-refractivity contribution in [3.63, 3.8) is 0 Å². The van der Waals surface area contributed by atoms with Crippen LogP contribution < -0.4 is 4.90 Å². The molecular formula is C23H28N4O3S. The van der Waals surface area contributed by atoms with E-state index >= 15 is 0 Å². The summed E-state index contributed by atoms with van der Waals surface area (Å²) in [5, 5.41) is 9.24. The van der Waals surface area contributed by atoms with Gasteiger partial charge in [0.1, 0.15) is 6.07 Å². The molecule has 1 saturated heterocycles. The van der Waals surface area contributed by atoms with Gasteiger partial charge in [-0.15, -0.1) is 0 Å². The molecule has 0 unspecified atom stereocenters. The van der Waals surface area contributed by atoms with E-state index in [9.17, 15) is 18.5 Å². The molecule has 0 saturated carbocycles. The zero-order valence-corrected chi connectivity index (χ0v) is 19.0. The Morgan fingerprint density at radius 3 is 2.26 bits per heavy atom. The van der Waals surface area contributed by atoms with Gasteiger partial charge >= 0.3 is 0 Å². The van der Waals surface area contributed by atoms with Crippen LogP contribution in [-0.4, -0.2) is 62.8 Å². The molecule has 0 radical (unpaired) electrons. The van der Waals surface area contributed by atoms with E-state index in [1.54, 1.807) is 17.0 Å². The second kappa shape index (κ2) is 9.50. The maximum atomic E-state index is 13.0. The highest BCUT2D eigenvalue weighted by molar-refractivity contribution is 7.89. The lowest BCUT2D eigenvalue weighted by atomic mass is 10.1. The molecule has 1 aliphatic rings. The molecule has 2 aromatic rings. The van der Waals surface area contributed by atoms with Gasteiger partial charge in [-0.1, -0.05) is 18.2 Å². The fraction of sp³-hybridized carbons (Fsp3) is 0.391. The summed E-state index contributed by atoms with van der Waals surface area (Å²) < 4.78 is 27.3. The lowest BCUT2D eigenvalue weighted by Crippen LogP contribution is -2.52. The smallest absolute Gasteiger partial charge is 0.244 e. The number of hydrogen-bond acceptors (Lipinski definition) is 5. The number of anilines is 1. The summed E-state index contributed by atoms with van der Waals surface area (Å²) in [6, 6.07) is 14.4. The van der Waals surface area contributed by atoms with Crippen LogP contribution in [0.1, 0.15) is 23.6 Å². The molecule has 1 heterocycles. The van der Waals surface area contributed by atoms with E-state index in [4.69, 9.17) is 0 Å². The largest absolute Gasteiger partial charge is 0.362 e. The fourth-order valence-corrected chi connectivity index (χ4v) is 5.45. The molecule has 0 aromatic heterocycles. The number of likely N-dealkylation sites (N-methyl/N-ethyl adjacent to an activating group) is 1. The summed E-state index contributed by atoms with van der Waals surface area (Å²) >= 11 is 0. The van der Waals surface area contributed by atoms with Gasteiger partial charge in [0, 0.05) is 38.4 Å². The summed E-state index contributed by atoms with van der Waals surface area (Å²) in [6.07, 6.45) is 0. The number of amides is 1. The Morgan fingerprint density at radius 2 is 1.68 bits per heavy atom. The molecule has 3 rings (SSSR count). The third-order valence-corrected chi connectivity index (χ3v) is 7.45. The van der Waals surface area contributed by atoms with Crippen molar-refractivity contribution in [1.29, 1.82) is 5.26 Å². The first kappa shape index (κ1) is 22.8. The van der Waals surface area contributed by atoms with Gasteiger partial charge in [-0.2, -0.15) is 9.57 Å². The summed E-state index contributed by atoms with van der Waals surface area (Å²) in [4.78, 5) is 16.7. The normalized spacial score (nSPS) is 14.8. The van der Waals surface area contributed by atoms with Gasteiger partial charge < -0.3 is 9.80 Å². The number of hydrogen-bond donors (Lipinski definition) is 0. The zero-order chi connectivity index (χ0) is 22.6. The number of piperazine rings is 1. The van der Waals surface area contributed by atoms with E-state index in [0.29, 0.717) is 19.6 Å². The quantitative estimate of drug-likeness (QED) is 0.689. The minimum Gasteiger partial charge on any atom is -0.362 e. The van der Waals surface area contributed by atoms with E-state index in [2.05, 4.69) is 18.2 Å². The van der Waals surface area contributed by atoms with E-state index in [1.807, 2.05) is 31.7 Å². The maximum absolute atomic E-state index is 13.0. The minimum atomic E-state index is -3.77. The van der Waals surface area contributed by atoms with Crippen LogP contribution >= 0.6 is 0 Å². The van der Waals surface area contributed by atoms with Crippen LogP contribution in [0.15, 0.2) is 47.4 Å². The van der Waals surface area contributed by atoms with E-state index in [0.717, 1.165) is 16.8 Å². The van der Waals surface area contributed by atoms with Crippen molar-refractivity contribution in [2.45, 2.75) is 25.7 Å². The number of nitrogens with zero attached hydrogens (tertiary/aromatic N) is 4. The lowest BCUT2D eigenvalue weighted by molar-refractivity contribution is -0.130. The average Bonchev–Trinajstić information content (AvgIpc) is 2.76. The standard InChI is InChI=1S/C23H28N4O3S/c1-4-25(21-14-18(2)13-19(3)15-21)17-23(28)26-9-11-27(12-10-26)31(29,30)22-8-6-5-7-20(22)16-24/h5-8,13-15H,4,9-12,17H2,1-3H3. The van der Waals surface area contributed by atoms with Crippen LogP contribution in [0.3, 0.4) is 0 Å². The van der Waals surface area contributed by atoms with Crippen LogP contribution in [0, 0.1) is 25.2 Å². The van der Waals surface area contributed by atoms with E-state index in [-0.39, 0.29) is 36.0 Å². The Bertz CT molecular complexity index is 1080. The highest BCUT2D eigenvalue weighted by atomic mass is 32.2. The van der Waals surface area contributed by atoms with Gasteiger partial charge in [0.25, 0.3) is 0 Å². The predicted octanol–water partition coefficient (Wildman–Crippen LogP) is 2.53. The molecule has 31 heavy (non-hydrogen) atoms. The lowest BCUT2D eigenvalue weighted by Gasteiger charge is -2.35. The average molecular weight is 441 g/mol. The van der Waals surface area contributed by atoms with Gasteiger partial charge in [-0.3, -0.25) is 4.79 Å². The summed E-state index contributed by atoms with van der Waals surface area (Å²) in [5.74, 6) is -0.0181. The Balaban J connectivity index is 1.66. The molecule has 1 fully saturated rings. The van der Waals surface area contributed by atoms with Crippen LogP contribution in [0.4, 0.5) is 5.69 Å². The zero-order valence-electron chi connectivity index (χ0n) is 18.2. The summed E-state index contributed by atoms with van der Waals surface area (Å²) in [6.45, 7) is 8.13. The molecule has 7 nitrogen and oxygen atoms in total. The molecule has 0 bridgehead atoms. The van der Waals surface area contributed by atoms with Crippen LogP contribution in [0.5, 0.6) is 0 Å². The van der Waals surface area contributed by atoms with Gasteiger partial charge in [-0.05, 0) is 56.2 Å². The SMILES string of the molecule is CCN(CC(=O)N1CCN(S(=O)(=O)c2ccccc2C#N)CC1)c1cc(C)cc(C)c1. The number of nitriles is 1. The predicted molar refractivity (Wildman–Crippen MR) is 120 cm³/mol. The van der Waals surface area contributed by atoms with Crippen molar-refractivity contribution in [3.8, 4) is 6.07 Å². The van der Waals surface area contributed by atoms with E-state index < -0.39 is 10.0 Å². The van der Waals surface area contributed by atoms with Gasteiger partial charge in [-0.25, -0.2) is 8.42 Å². The van der Waals surface area contributed by atoms with Crippen molar-refractivity contribution in [2.24, 2.45) is 0 Å². The fourth-order valence-electron chi connectivity index (χ4n) is 3.88. The highest BCUT2D eigenvalue weighted by Gasteiger charge is 2.31. The molecular weight excluding hydrogens is 412 g/mol. The molecule has 1 aliphatic heterocycles. The van der Waals surface area contributed by atoms with Crippen LogP contribution in [-0.2, 0) is 14.8 Å². The maximum Gasteiger partial charge on any atom is 0.244 e. The van der Waals surface area contributed by atoms with Crippen molar-refractivity contribution in [1.82, 2.24) is 9.21 Å². The molecule has 0 atom stereocenters. The molecule has 0 aliphatic carbocycles.